The van der Waals surface area contributed by atoms with Crippen LogP contribution in [0, 0.1) is 0 Å². The van der Waals surface area contributed by atoms with E-state index in [1.807, 2.05) is 38.4 Å². The summed E-state index contributed by atoms with van der Waals surface area (Å²) in [5.41, 5.74) is 1.99. The van der Waals surface area contributed by atoms with E-state index < -0.39 is 0 Å². The Hall–Kier alpha value is -1.55. The van der Waals surface area contributed by atoms with Gasteiger partial charge in [0, 0.05) is 12.1 Å². The molecule has 0 heterocycles. The molecule has 0 atom stereocenters. The highest BCUT2D eigenvalue weighted by molar-refractivity contribution is 6.40. The quantitative estimate of drug-likeness (QED) is 0.731. The van der Waals surface area contributed by atoms with Gasteiger partial charge in [-0.05, 0) is 37.9 Å². The van der Waals surface area contributed by atoms with Gasteiger partial charge in [-0.25, -0.2) is 0 Å². The first-order chi connectivity index (χ1) is 10.5. The first kappa shape index (κ1) is 16.8. The monoisotopic (exact) mass is 337 g/mol. The Balaban J connectivity index is 2.19. The van der Waals surface area contributed by atoms with Crippen LogP contribution < -0.4 is 4.74 Å². The van der Waals surface area contributed by atoms with Crippen LogP contribution in [0.5, 0.6) is 5.75 Å². The maximum absolute atomic E-state index is 11.1. The Labute approximate surface area is 140 Å². The Morgan fingerprint density at radius 3 is 2.36 bits per heavy atom. The normalized spacial score (nSPS) is 10.8. The molecule has 0 amide bonds. The number of benzene rings is 2. The molecule has 0 unspecified atom stereocenters. The minimum absolute atomic E-state index is 0.312. The third kappa shape index (κ3) is 4.01. The molecular formula is C17H17Cl2NO2. The first-order valence-corrected chi connectivity index (χ1v) is 7.59. The fourth-order valence-corrected chi connectivity index (χ4v) is 2.55. The van der Waals surface area contributed by atoms with Gasteiger partial charge >= 0.3 is 0 Å². The summed E-state index contributed by atoms with van der Waals surface area (Å²) in [7, 11) is 4.00. The fraction of sp³-hybridized carbons (Fsp3) is 0.235. The summed E-state index contributed by atoms with van der Waals surface area (Å²) < 4.78 is 5.65. The van der Waals surface area contributed by atoms with E-state index in [4.69, 9.17) is 27.9 Å². The Bertz CT molecular complexity index is 654. The van der Waals surface area contributed by atoms with Crippen LogP contribution >= 0.6 is 23.2 Å². The molecule has 0 aliphatic rings. The summed E-state index contributed by atoms with van der Waals surface area (Å²) in [6.07, 6.45) is 0.674. The van der Waals surface area contributed by atoms with Gasteiger partial charge in [0.2, 0.25) is 0 Å². The second-order valence-electron chi connectivity index (χ2n) is 5.12. The van der Waals surface area contributed by atoms with Crippen molar-refractivity contribution in [2.45, 2.75) is 0 Å². The summed E-state index contributed by atoms with van der Waals surface area (Å²) in [5.74, 6) is 0.797. The zero-order valence-electron chi connectivity index (χ0n) is 12.5. The van der Waals surface area contributed by atoms with Crippen molar-refractivity contribution in [2.24, 2.45) is 0 Å². The molecule has 22 heavy (non-hydrogen) atoms. The largest absolute Gasteiger partial charge is 0.492 e. The zero-order chi connectivity index (χ0) is 16.1. The van der Waals surface area contributed by atoms with Crippen LogP contribution in [0.25, 0.3) is 11.1 Å². The average Bonchev–Trinajstić information content (AvgIpc) is 2.48. The predicted molar refractivity (Wildman–Crippen MR) is 91.3 cm³/mol. The molecule has 116 valence electrons. The lowest BCUT2D eigenvalue weighted by molar-refractivity contribution is 0.112. The van der Waals surface area contributed by atoms with Gasteiger partial charge in [0.05, 0.1) is 15.6 Å². The molecule has 0 spiro atoms. The summed E-state index contributed by atoms with van der Waals surface area (Å²) in [6.45, 7) is 1.48. The van der Waals surface area contributed by atoms with Gasteiger partial charge in [-0.2, -0.15) is 0 Å². The zero-order valence-corrected chi connectivity index (χ0v) is 14.0. The fourth-order valence-electron chi connectivity index (χ4n) is 1.98. The molecular weight excluding hydrogens is 321 g/mol. The van der Waals surface area contributed by atoms with Gasteiger partial charge in [-0.3, -0.25) is 4.79 Å². The number of likely N-dealkylation sites (N-methyl/N-ethyl adjacent to an activating group) is 1. The van der Waals surface area contributed by atoms with E-state index in [1.54, 1.807) is 12.1 Å². The smallest absolute Gasteiger partial charge is 0.153 e. The van der Waals surface area contributed by atoms with Crippen molar-refractivity contribution in [3.05, 3.63) is 52.0 Å². The van der Waals surface area contributed by atoms with Crippen molar-refractivity contribution in [1.29, 1.82) is 0 Å². The van der Waals surface area contributed by atoms with E-state index in [-0.39, 0.29) is 0 Å². The number of rotatable bonds is 6. The molecule has 0 aliphatic carbocycles. The summed E-state index contributed by atoms with van der Waals surface area (Å²) >= 11 is 12.2. The van der Waals surface area contributed by atoms with Gasteiger partial charge in [0.1, 0.15) is 12.4 Å². The van der Waals surface area contributed by atoms with E-state index in [0.717, 1.165) is 23.4 Å². The lowest BCUT2D eigenvalue weighted by Gasteiger charge is -2.12. The second kappa shape index (κ2) is 7.63. The van der Waals surface area contributed by atoms with Crippen molar-refractivity contribution in [1.82, 2.24) is 4.90 Å². The number of hydrogen-bond donors (Lipinski definition) is 0. The molecule has 5 heteroatoms. The van der Waals surface area contributed by atoms with Crippen LogP contribution in [0.4, 0.5) is 0 Å². The molecule has 0 aliphatic heterocycles. The number of halogens is 2. The standard InChI is InChI=1S/C17H17Cl2NO2/c1-20(2)9-10-22-13-5-3-12(4-6-13)14-7-8-16(18)15(11-21)17(14)19/h3-8,11H,9-10H2,1-2H3. The molecule has 2 aromatic rings. The van der Waals surface area contributed by atoms with Crippen molar-refractivity contribution >= 4 is 29.5 Å². The third-order valence-electron chi connectivity index (χ3n) is 3.22. The van der Waals surface area contributed by atoms with Gasteiger partial charge in [0.25, 0.3) is 0 Å². The van der Waals surface area contributed by atoms with Crippen molar-refractivity contribution in [3.8, 4) is 16.9 Å². The van der Waals surface area contributed by atoms with Crippen LogP contribution in [0.1, 0.15) is 10.4 Å². The number of ether oxygens (including phenoxy) is 1. The summed E-state index contributed by atoms with van der Waals surface area (Å²) in [6, 6.07) is 11.1. The molecule has 2 rings (SSSR count). The molecule has 0 bridgehead atoms. The first-order valence-electron chi connectivity index (χ1n) is 6.84. The highest BCUT2D eigenvalue weighted by Crippen LogP contribution is 2.34. The third-order valence-corrected chi connectivity index (χ3v) is 3.95. The Kier molecular flexibility index (Phi) is 5.83. The van der Waals surface area contributed by atoms with Crippen molar-refractivity contribution in [2.75, 3.05) is 27.2 Å². The maximum Gasteiger partial charge on any atom is 0.153 e. The molecule has 0 fully saturated rings. The highest BCUT2D eigenvalue weighted by atomic mass is 35.5. The van der Waals surface area contributed by atoms with Gasteiger partial charge in [-0.1, -0.05) is 41.4 Å². The lowest BCUT2D eigenvalue weighted by atomic mass is 10.0. The predicted octanol–water partition coefficient (Wildman–Crippen LogP) is 4.41. The molecule has 0 saturated carbocycles. The summed E-state index contributed by atoms with van der Waals surface area (Å²) in [4.78, 5) is 13.1. The highest BCUT2D eigenvalue weighted by Gasteiger charge is 2.11. The molecule has 3 nitrogen and oxygen atoms in total. The number of hydrogen-bond acceptors (Lipinski definition) is 3. The molecule has 0 aromatic heterocycles. The van der Waals surface area contributed by atoms with Gasteiger partial charge in [0.15, 0.2) is 6.29 Å². The number of carbonyl (C=O) groups is 1. The molecule has 0 saturated heterocycles. The van der Waals surface area contributed by atoms with Crippen LogP contribution in [-0.4, -0.2) is 38.4 Å². The average molecular weight is 338 g/mol. The molecule has 0 N–H and O–H groups in total. The summed E-state index contributed by atoms with van der Waals surface area (Å²) in [5, 5.41) is 0.719. The SMILES string of the molecule is CN(C)CCOc1ccc(-c2ccc(Cl)c(C=O)c2Cl)cc1. The molecule has 0 radical (unpaired) electrons. The maximum atomic E-state index is 11.1. The van der Waals surface area contributed by atoms with E-state index in [2.05, 4.69) is 4.90 Å². The number of nitrogens with zero attached hydrogens (tertiary/aromatic N) is 1. The van der Waals surface area contributed by atoms with Crippen LogP contribution in [-0.2, 0) is 0 Å². The Morgan fingerprint density at radius 1 is 1.09 bits per heavy atom. The van der Waals surface area contributed by atoms with Crippen molar-refractivity contribution < 1.29 is 9.53 Å². The van der Waals surface area contributed by atoms with E-state index in [1.165, 1.54) is 0 Å². The number of aldehydes is 1. The lowest BCUT2D eigenvalue weighted by Crippen LogP contribution is -2.19. The van der Waals surface area contributed by atoms with Crippen LogP contribution in [0.3, 0.4) is 0 Å². The van der Waals surface area contributed by atoms with E-state index in [9.17, 15) is 4.79 Å². The minimum Gasteiger partial charge on any atom is -0.492 e. The number of carbonyl (C=O) groups excluding carboxylic acids is 1. The van der Waals surface area contributed by atoms with Gasteiger partial charge < -0.3 is 9.64 Å². The topological polar surface area (TPSA) is 29.5 Å². The van der Waals surface area contributed by atoms with Crippen LogP contribution in [0.15, 0.2) is 36.4 Å². The molecule has 2 aromatic carbocycles. The van der Waals surface area contributed by atoms with E-state index >= 15 is 0 Å². The van der Waals surface area contributed by atoms with E-state index in [0.29, 0.717) is 28.5 Å². The second-order valence-corrected chi connectivity index (χ2v) is 5.90. The van der Waals surface area contributed by atoms with Crippen LogP contribution in [0.2, 0.25) is 10.0 Å². The minimum atomic E-state index is 0.312. The Morgan fingerprint density at radius 2 is 1.77 bits per heavy atom. The van der Waals surface area contributed by atoms with Crippen molar-refractivity contribution in [3.63, 3.8) is 0 Å². The van der Waals surface area contributed by atoms with Gasteiger partial charge in [-0.15, -0.1) is 0 Å².